The topological polar surface area (TPSA) is 72.9 Å². The van der Waals surface area contributed by atoms with Crippen molar-refractivity contribution in [1.82, 2.24) is 4.90 Å². The van der Waals surface area contributed by atoms with E-state index in [1.165, 1.54) is 0 Å². The van der Waals surface area contributed by atoms with Gasteiger partial charge in [-0.15, -0.1) is 0 Å². The second-order valence-corrected chi connectivity index (χ2v) is 9.10. The van der Waals surface area contributed by atoms with Crippen LogP contribution in [0.25, 0.3) is 0 Å². The van der Waals surface area contributed by atoms with E-state index in [1.54, 1.807) is 31.3 Å². The van der Waals surface area contributed by atoms with Gasteiger partial charge in [0.25, 0.3) is 0 Å². The number of benzene rings is 2. The second-order valence-electron chi connectivity index (χ2n) is 6.80. The van der Waals surface area contributed by atoms with Crippen LogP contribution < -0.4 is 9.47 Å². The first kappa shape index (κ1) is 20.2. The number of carbonyl (C=O) groups excluding carboxylic acids is 1. The fourth-order valence-corrected chi connectivity index (χ4v) is 5.31. The Hall–Kier alpha value is -2.54. The Bertz CT molecular complexity index is 927. The molecule has 3 rings (SSSR count). The first-order valence-corrected chi connectivity index (χ1v) is 10.9. The minimum absolute atomic E-state index is 0.0236. The molecule has 2 aromatic carbocycles. The maximum atomic E-state index is 12.8. The predicted octanol–water partition coefficient (Wildman–Crippen LogP) is 2.63. The van der Waals surface area contributed by atoms with Gasteiger partial charge in [0.2, 0.25) is 5.91 Å². The molecular weight excluding hydrogens is 378 g/mol. The molecule has 1 saturated heterocycles. The van der Waals surface area contributed by atoms with Crippen LogP contribution in [0.3, 0.4) is 0 Å². The van der Waals surface area contributed by atoms with Gasteiger partial charge in [-0.25, -0.2) is 8.42 Å². The number of carbonyl (C=O) groups is 1. The van der Waals surface area contributed by atoms with Crippen molar-refractivity contribution < 1.29 is 22.7 Å². The van der Waals surface area contributed by atoms with Crippen LogP contribution in [-0.4, -0.2) is 52.3 Å². The molecule has 28 heavy (non-hydrogen) atoms. The smallest absolute Gasteiger partial charge is 0.227 e. The van der Waals surface area contributed by atoms with Crippen LogP contribution in [0.15, 0.2) is 48.5 Å². The van der Waals surface area contributed by atoms with Crippen molar-refractivity contribution in [2.45, 2.75) is 18.1 Å². The zero-order chi connectivity index (χ0) is 20.1. The van der Waals surface area contributed by atoms with E-state index in [2.05, 4.69) is 0 Å². The summed E-state index contributed by atoms with van der Waals surface area (Å²) in [4.78, 5) is 14.4. The standard InChI is InChI=1S/C21H25NO5S/c1-26-18-9-8-16(14-19(18)27-2)15-21(23)22-11-10-20(28(24,25)13-12-22)17-6-4-3-5-7-17/h3-9,14,20H,10-13,15H2,1-2H3. The predicted molar refractivity (Wildman–Crippen MR) is 107 cm³/mol. The third-order valence-corrected chi connectivity index (χ3v) is 7.19. The van der Waals surface area contributed by atoms with Crippen LogP contribution in [0.4, 0.5) is 0 Å². The minimum atomic E-state index is -3.30. The third kappa shape index (κ3) is 4.47. The van der Waals surface area contributed by atoms with Gasteiger partial charge in [0, 0.05) is 13.1 Å². The van der Waals surface area contributed by atoms with E-state index < -0.39 is 15.1 Å². The monoisotopic (exact) mass is 403 g/mol. The van der Waals surface area contributed by atoms with Crippen molar-refractivity contribution in [1.29, 1.82) is 0 Å². The quantitative estimate of drug-likeness (QED) is 0.767. The van der Waals surface area contributed by atoms with Crippen molar-refractivity contribution in [2.24, 2.45) is 0 Å². The van der Waals surface area contributed by atoms with Gasteiger partial charge in [-0.05, 0) is 29.7 Å². The molecule has 0 spiro atoms. The molecule has 0 radical (unpaired) electrons. The van der Waals surface area contributed by atoms with Crippen molar-refractivity contribution in [2.75, 3.05) is 33.1 Å². The first-order valence-electron chi connectivity index (χ1n) is 9.20. The number of methoxy groups -OCH3 is 2. The molecule has 6 nitrogen and oxygen atoms in total. The Morgan fingerprint density at radius 3 is 2.43 bits per heavy atom. The van der Waals surface area contributed by atoms with Gasteiger partial charge in [0.05, 0.1) is 31.6 Å². The summed E-state index contributed by atoms with van der Waals surface area (Å²) in [6, 6.07) is 14.6. The molecule has 0 N–H and O–H groups in total. The average molecular weight is 404 g/mol. The van der Waals surface area contributed by atoms with Crippen LogP contribution in [0.5, 0.6) is 11.5 Å². The Morgan fingerprint density at radius 2 is 1.75 bits per heavy atom. The van der Waals surface area contributed by atoms with E-state index in [9.17, 15) is 13.2 Å². The number of hydrogen-bond acceptors (Lipinski definition) is 5. The number of amides is 1. The van der Waals surface area contributed by atoms with Crippen LogP contribution >= 0.6 is 0 Å². The molecule has 1 unspecified atom stereocenters. The van der Waals surface area contributed by atoms with E-state index in [0.29, 0.717) is 24.5 Å². The average Bonchev–Trinajstić information content (AvgIpc) is 2.86. The van der Waals surface area contributed by atoms with Gasteiger partial charge in [-0.3, -0.25) is 4.79 Å². The highest BCUT2D eigenvalue weighted by molar-refractivity contribution is 7.91. The van der Waals surface area contributed by atoms with Crippen molar-refractivity contribution in [3.05, 3.63) is 59.7 Å². The van der Waals surface area contributed by atoms with Crippen molar-refractivity contribution in [3.63, 3.8) is 0 Å². The Balaban J connectivity index is 1.72. The molecule has 7 heteroatoms. The Morgan fingerprint density at radius 1 is 1.04 bits per heavy atom. The van der Waals surface area contributed by atoms with Crippen molar-refractivity contribution >= 4 is 15.7 Å². The van der Waals surface area contributed by atoms with E-state index in [0.717, 1.165) is 11.1 Å². The number of hydrogen-bond donors (Lipinski definition) is 0. The number of ether oxygens (including phenoxy) is 2. The van der Waals surface area contributed by atoms with Gasteiger partial charge in [-0.1, -0.05) is 36.4 Å². The summed E-state index contributed by atoms with van der Waals surface area (Å²) in [6.45, 7) is 0.642. The van der Waals surface area contributed by atoms with E-state index >= 15 is 0 Å². The highest BCUT2D eigenvalue weighted by Gasteiger charge is 2.32. The molecule has 1 aliphatic rings. The molecule has 1 atom stereocenters. The third-order valence-electron chi connectivity index (χ3n) is 5.07. The molecule has 1 fully saturated rings. The maximum absolute atomic E-state index is 12.8. The molecule has 1 amide bonds. The molecule has 0 aliphatic carbocycles. The normalized spacial score (nSPS) is 18.9. The van der Waals surface area contributed by atoms with Gasteiger partial charge in [0.1, 0.15) is 0 Å². The highest BCUT2D eigenvalue weighted by atomic mass is 32.2. The lowest BCUT2D eigenvalue weighted by molar-refractivity contribution is -0.130. The van der Waals surface area contributed by atoms with Gasteiger partial charge in [-0.2, -0.15) is 0 Å². The summed E-state index contributed by atoms with van der Waals surface area (Å²) in [5.74, 6) is 1.06. The van der Waals surface area contributed by atoms with Gasteiger partial charge >= 0.3 is 0 Å². The van der Waals surface area contributed by atoms with Crippen LogP contribution in [0.1, 0.15) is 22.8 Å². The molecule has 1 aliphatic heterocycles. The van der Waals surface area contributed by atoms with Gasteiger partial charge in [0.15, 0.2) is 21.3 Å². The van der Waals surface area contributed by atoms with E-state index in [-0.39, 0.29) is 24.6 Å². The van der Waals surface area contributed by atoms with Gasteiger partial charge < -0.3 is 14.4 Å². The summed E-state index contributed by atoms with van der Waals surface area (Å²) in [5.41, 5.74) is 1.59. The maximum Gasteiger partial charge on any atom is 0.227 e. The SMILES string of the molecule is COc1ccc(CC(=O)N2CCC(c3ccccc3)S(=O)(=O)CC2)cc1OC. The Labute approximate surface area is 166 Å². The first-order chi connectivity index (χ1) is 13.4. The lowest BCUT2D eigenvalue weighted by Gasteiger charge is -2.20. The second kappa shape index (κ2) is 8.65. The molecular formula is C21H25NO5S. The molecule has 0 saturated carbocycles. The molecule has 150 valence electrons. The minimum Gasteiger partial charge on any atom is -0.493 e. The largest absolute Gasteiger partial charge is 0.493 e. The summed E-state index contributed by atoms with van der Waals surface area (Å²) < 4.78 is 35.9. The zero-order valence-electron chi connectivity index (χ0n) is 16.1. The van der Waals surface area contributed by atoms with Crippen LogP contribution in [-0.2, 0) is 21.1 Å². The summed E-state index contributed by atoms with van der Waals surface area (Å²) in [5, 5.41) is -0.562. The summed E-state index contributed by atoms with van der Waals surface area (Å²) in [6.07, 6.45) is 0.598. The lowest BCUT2D eigenvalue weighted by atomic mass is 10.1. The van der Waals surface area contributed by atoms with Crippen LogP contribution in [0.2, 0.25) is 0 Å². The zero-order valence-corrected chi connectivity index (χ0v) is 16.9. The molecule has 0 bridgehead atoms. The number of nitrogens with zero attached hydrogens (tertiary/aromatic N) is 1. The fraction of sp³-hybridized carbons (Fsp3) is 0.381. The number of rotatable bonds is 5. The Kier molecular flexibility index (Phi) is 6.24. The van der Waals surface area contributed by atoms with E-state index in [4.69, 9.17) is 9.47 Å². The highest BCUT2D eigenvalue weighted by Crippen LogP contribution is 2.30. The van der Waals surface area contributed by atoms with Crippen LogP contribution in [0, 0.1) is 0 Å². The van der Waals surface area contributed by atoms with E-state index in [1.807, 2.05) is 36.4 Å². The number of sulfone groups is 1. The summed E-state index contributed by atoms with van der Waals surface area (Å²) >= 11 is 0. The molecule has 2 aromatic rings. The van der Waals surface area contributed by atoms with Crippen molar-refractivity contribution in [3.8, 4) is 11.5 Å². The lowest BCUT2D eigenvalue weighted by Crippen LogP contribution is -2.34. The fourth-order valence-electron chi connectivity index (χ4n) is 3.51. The molecule has 1 heterocycles. The molecule has 0 aromatic heterocycles. The summed E-state index contributed by atoms with van der Waals surface area (Å²) in [7, 11) is -0.195.